The van der Waals surface area contributed by atoms with Crippen LogP contribution in [0.4, 0.5) is 5.69 Å². The van der Waals surface area contributed by atoms with E-state index < -0.39 is 10.0 Å². The maximum atomic E-state index is 13.2. The van der Waals surface area contributed by atoms with Crippen LogP contribution >= 0.6 is 11.8 Å². The SMILES string of the molecule is COc1ccc(CN2CCCN(C(=O)c3ccc4c(c3)SC3=NS(=O)(=O)CCN34)CC2)cc1. The van der Waals surface area contributed by atoms with Crippen molar-refractivity contribution in [1.29, 1.82) is 0 Å². The number of hydrogen-bond donors (Lipinski definition) is 0. The van der Waals surface area contributed by atoms with Crippen LogP contribution in [0.15, 0.2) is 51.8 Å². The van der Waals surface area contributed by atoms with Gasteiger partial charge in [0.15, 0.2) is 5.17 Å². The molecule has 0 unspecified atom stereocenters. The van der Waals surface area contributed by atoms with Crippen LogP contribution in [0, 0.1) is 0 Å². The summed E-state index contributed by atoms with van der Waals surface area (Å²) in [6, 6.07) is 13.7. The van der Waals surface area contributed by atoms with Crippen LogP contribution in [0.5, 0.6) is 5.75 Å². The Morgan fingerprint density at radius 2 is 1.88 bits per heavy atom. The van der Waals surface area contributed by atoms with E-state index in [1.807, 2.05) is 40.1 Å². The van der Waals surface area contributed by atoms with Gasteiger partial charge in [-0.1, -0.05) is 12.1 Å². The first-order valence-electron chi connectivity index (χ1n) is 11.0. The van der Waals surface area contributed by atoms with Gasteiger partial charge in [0.25, 0.3) is 15.9 Å². The molecule has 0 radical (unpaired) electrons. The van der Waals surface area contributed by atoms with Gasteiger partial charge in [-0.05, 0) is 54.1 Å². The molecule has 1 fully saturated rings. The minimum atomic E-state index is -3.39. The van der Waals surface area contributed by atoms with Crippen molar-refractivity contribution in [3.8, 4) is 5.75 Å². The Hall–Kier alpha value is -2.56. The van der Waals surface area contributed by atoms with Crippen LogP contribution in [-0.2, 0) is 16.6 Å². The number of carbonyl (C=O) groups excluding carboxylic acids is 1. The summed E-state index contributed by atoms with van der Waals surface area (Å²) in [5.74, 6) is 0.880. The molecule has 0 spiro atoms. The van der Waals surface area contributed by atoms with Crippen molar-refractivity contribution in [3.63, 3.8) is 0 Å². The lowest BCUT2D eigenvalue weighted by Crippen LogP contribution is -2.35. The van der Waals surface area contributed by atoms with Gasteiger partial charge in [-0.3, -0.25) is 9.69 Å². The number of sulfonamides is 1. The number of methoxy groups -OCH3 is 1. The fourth-order valence-corrected chi connectivity index (χ4v) is 6.66. The van der Waals surface area contributed by atoms with E-state index in [9.17, 15) is 13.2 Å². The lowest BCUT2D eigenvalue weighted by atomic mass is 10.1. The summed E-state index contributed by atoms with van der Waals surface area (Å²) >= 11 is 1.32. The molecule has 0 aromatic heterocycles. The Labute approximate surface area is 198 Å². The second-order valence-corrected chi connectivity index (χ2v) is 11.1. The Bertz CT molecular complexity index is 1200. The molecule has 2 aromatic carbocycles. The van der Waals surface area contributed by atoms with Gasteiger partial charge in [-0.25, -0.2) is 8.42 Å². The van der Waals surface area contributed by atoms with E-state index in [0.717, 1.165) is 48.9 Å². The number of fused-ring (bicyclic) bond motifs is 3. The molecule has 2 aromatic rings. The van der Waals surface area contributed by atoms with Crippen LogP contribution in [-0.4, -0.2) is 74.9 Å². The van der Waals surface area contributed by atoms with Crippen LogP contribution in [0.3, 0.4) is 0 Å². The highest BCUT2D eigenvalue weighted by Gasteiger charge is 2.33. The number of thioether (sulfide) groups is 1. The first-order chi connectivity index (χ1) is 15.9. The summed E-state index contributed by atoms with van der Waals surface area (Å²) in [5.41, 5.74) is 2.78. The van der Waals surface area contributed by atoms with Crippen LogP contribution in [0.25, 0.3) is 0 Å². The number of benzene rings is 2. The molecule has 1 saturated heterocycles. The van der Waals surface area contributed by atoms with Crippen molar-refractivity contribution in [1.82, 2.24) is 9.80 Å². The van der Waals surface area contributed by atoms with Crippen LogP contribution in [0.2, 0.25) is 0 Å². The average Bonchev–Trinajstić information content (AvgIpc) is 2.98. The van der Waals surface area contributed by atoms with Crippen molar-refractivity contribution < 1.29 is 17.9 Å². The van der Waals surface area contributed by atoms with Crippen molar-refractivity contribution in [2.45, 2.75) is 17.9 Å². The number of nitrogens with zero attached hydrogens (tertiary/aromatic N) is 4. The molecule has 3 aliphatic heterocycles. The predicted octanol–water partition coefficient (Wildman–Crippen LogP) is 2.65. The highest BCUT2D eigenvalue weighted by molar-refractivity contribution is 8.15. The zero-order valence-electron chi connectivity index (χ0n) is 18.4. The number of carbonyl (C=O) groups is 1. The molecule has 3 heterocycles. The third kappa shape index (κ3) is 4.73. The predicted molar refractivity (Wildman–Crippen MR) is 130 cm³/mol. The van der Waals surface area contributed by atoms with Gasteiger partial charge in [0.05, 0.1) is 18.6 Å². The van der Waals surface area contributed by atoms with Gasteiger partial charge in [0.1, 0.15) is 5.75 Å². The quantitative estimate of drug-likeness (QED) is 0.657. The average molecular weight is 487 g/mol. The molecule has 0 bridgehead atoms. The van der Waals surface area contributed by atoms with Crippen molar-refractivity contribution >= 4 is 38.5 Å². The molecule has 33 heavy (non-hydrogen) atoms. The minimum Gasteiger partial charge on any atom is -0.497 e. The van der Waals surface area contributed by atoms with E-state index in [1.165, 1.54) is 17.3 Å². The number of amides is 1. The van der Waals surface area contributed by atoms with E-state index in [2.05, 4.69) is 21.4 Å². The van der Waals surface area contributed by atoms with E-state index in [4.69, 9.17) is 4.74 Å². The molecule has 1 amide bonds. The first kappa shape index (κ1) is 22.2. The topological polar surface area (TPSA) is 82.5 Å². The summed E-state index contributed by atoms with van der Waals surface area (Å²) in [7, 11) is -1.73. The summed E-state index contributed by atoms with van der Waals surface area (Å²) in [5, 5.41) is 0.477. The number of hydrogen-bond acceptors (Lipinski definition) is 7. The van der Waals surface area contributed by atoms with Gasteiger partial charge in [0.2, 0.25) is 0 Å². The maximum absolute atomic E-state index is 13.2. The third-order valence-electron chi connectivity index (χ3n) is 6.16. The standard InChI is InChI=1S/C23H26N4O4S2/c1-31-19-6-3-17(4-7-19)16-25-9-2-10-26(12-11-25)22(28)18-5-8-20-21(15-18)32-23-24-33(29,30)14-13-27(20)23/h3-8,15H,2,9-14,16H2,1H3. The van der Waals surface area contributed by atoms with Crippen molar-refractivity contribution in [3.05, 3.63) is 53.6 Å². The highest BCUT2D eigenvalue weighted by atomic mass is 32.2. The summed E-state index contributed by atoms with van der Waals surface area (Å²) in [6.45, 7) is 4.40. The van der Waals surface area contributed by atoms with E-state index in [-0.39, 0.29) is 11.7 Å². The molecular formula is C23H26N4O4S2. The largest absolute Gasteiger partial charge is 0.497 e. The van der Waals surface area contributed by atoms with E-state index in [0.29, 0.717) is 23.8 Å². The Morgan fingerprint density at radius 3 is 2.67 bits per heavy atom. The second kappa shape index (κ2) is 9.00. The molecule has 0 saturated carbocycles. The molecule has 8 nitrogen and oxygen atoms in total. The molecule has 0 aliphatic carbocycles. The van der Waals surface area contributed by atoms with Gasteiger partial charge in [-0.15, -0.1) is 4.40 Å². The minimum absolute atomic E-state index is 0.0119. The second-order valence-electron chi connectivity index (χ2n) is 8.37. The molecule has 0 atom stereocenters. The summed E-state index contributed by atoms with van der Waals surface area (Å²) < 4.78 is 32.8. The van der Waals surface area contributed by atoms with Gasteiger partial charge < -0.3 is 14.5 Å². The lowest BCUT2D eigenvalue weighted by molar-refractivity contribution is 0.0761. The molecule has 10 heteroatoms. The number of rotatable bonds is 4. The normalized spacial score (nSPS) is 20.0. The fourth-order valence-electron chi connectivity index (χ4n) is 4.37. The number of ether oxygens (including phenoxy) is 1. The molecule has 5 rings (SSSR count). The summed E-state index contributed by atoms with van der Waals surface area (Å²) in [4.78, 5) is 20.3. The Morgan fingerprint density at radius 1 is 1.06 bits per heavy atom. The highest BCUT2D eigenvalue weighted by Crippen LogP contribution is 2.42. The van der Waals surface area contributed by atoms with Gasteiger partial charge in [-0.2, -0.15) is 0 Å². The number of anilines is 1. The monoisotopic (exact) mass is 486 g/mol. The maximum Gasteiger partial charge on any atom is 0.257 e. The zero-order valence-corrected chi connectivity index (χ0v) is 20.1. The van der Waals surface area contributed by atoms with Crippen LogP contribution < -0.4 is 9.64 Å². The first-order valence-corrected chi connectivity index (χ1v) is 13.4. The zero-order chi connectivity index (χ0) is 23.0. The third-order valence-corrected chi connectivity index (χ3v) is 8.47. The molecule has 3 aliphatic rings. The van der Waals surface area contributed by atoms with Crippen molar-refractivity contribution in [2.24, 2.45) is 4.40 Å². The van der Waals surface area contributed by atoms with E-state index >= 15 is 0 Å². The van der Waals surface area contributed by atoms with Gasteiger partial charge in [0, 0.05) is 49.7 Å². The van der Waals surface area contributed by atoms with Crippen molar-refractivity contribution in [2.75, 3.05) is 50.5 Å². The molecule has 174 valence electrons. The lowest BCUT2D eigenvalue weighted by Gasteiger charge is -2.23. The van der Waals surface area contributed by atoms with Crippen LogP contribution in [0.1, 0.15) is 22.3 Å². The smallest absolute Gasteiger partial charge is 0.257 e. The van der Waals surface area contributed by atoms with Gasteiger partial charge >= 0.3 is 0 Å². The molecule has 0 N–H and O–H groups in total. The Balaban J connectivity index is 1.24. The van der Waals surface area contributed by atoms with E-state index in [1.54, 1.807) is 7.11 Å². The fraction of sp³-hybridized carbons (Fsp3) is 0.391. The molecular weight excluding hydrogens is 460 g/mol. The summed E-state index contributed by atoms with van der Waals surface area (Å²) in [6.07, 6.45) is 0.921. The Kier molecular flexibility index (Phi) is 6.07. The number of amidine groups is 1.